The Balaban J connectivity index is 1.94. The van der Waals surface area contributed by atoms with Crippen molar-refractivity contribution in [1.29, 1.82) is 0 Å². The first-order chi connectivity index (χ1) is 8.09. The van der Waals surface area contributed by atoms with E-state index in [1.165, 1.54) is 0 Å². The number of carbonyl (C=O) groups excluding carboxylic acids is 2. The highest BCUT2D eigenvalue weighted by molar-refractivity contribution is 5.84. The molecule has 17 heavy (non-hydrogen) atoms. The van der Waals surface area contributed by atoms with Gasteiger partial charge in [-0.2, -0.15) is 0 Å². The first-order valence-corrected chi connectivity index (χ1v) is 6.41. The van der Waals surface area contributed by atoms with E-state index in [4.69, 9.17) is 5.73 Å². The van der Waals surface area contributed by atoms with Crippen LogP contribution in [0.15, 0.2) is 0 Å². The molecular formula is C12H21N3O2. The van der Waals surface area contributed by atoms with E-state index < -0.39 is 0 Å². The highest BCUT2D eigenvalue weighted by atomic mass is 16.2. The number of hydrogen-bond acceptors (Lipinski definition) is 3. The third kappa shape index (κ3) is 2.60. The van der Waals surface area contributed by atoms with Gasteiger partial charge in [0.2, 0.25) is 11.8 Å². The highest BCUT2D eigenvalue weighted by Gasteiger charge is 2.35. The smallest absolute Gasteiger partial charge is 0.240 e. The van der Waals surface area contributed by atoms with E-state index in [-0.39, 0.29) is 23.8 Å². The third-order valence-corrected chi connectivity index (χ3v) is 3.94. The second-order valence-electron chi connectivity index (χ2n) is 5.22. The lowest BCUT2D eigenvalue weighted by Crippen LogP contribution is -2.51. The third-order valence-electron chi connectivity index (χ3n) is 3.94. The lowest BCUT2D eigenvalue weighted by molar-refractivity contribution is -0.134. The van der Waals surface area contributed by atoms with Crippen molar-refractivity contribution in [3.8, 4) is 0 Å². The number of nitrogens with zero attached hydrogens (tertiary/aromatic N) is 1. The molecule has 96 valence electrons. The molecule has 2 saturated heterocycles. The van der Waals surface area contributed by atoms with Crippen LogP contribution in [0.2, 0.25) is 0 Å². The monoisotopic (exact) mass is 239 g/mol. The normalized spacial score (nSPS) is 33.7. The highest BCUT2D eigenvalue weighted by Crippen LogP contribution is 2.21. The topological polar surface area (TPSA) is 75.4 Å². The van der Waals surface area contributed by atoms with Crippen LogP contribution in [0.4, 0.5) is 0 Å². The van der Waals surface area contributed by atoms with Gasteiger partial charge in [0.15, 0.2) is 0 Å². The van der Waals surface area contributed by atoms with Gasteiger partial charge in [-0.1, -0.05) is 6.92 Å². The number of amides is 2. The van der Waals surface area contributed by atoms with Gasteiger partial charge in [0.05, 0.1) is 12.0 Å². The van der Waals surface area contributed by atoms with Crippen molar-refractivity contribution in [1.82, 2.24) is 10.2 Å². The molecule has 2 aliphatic heterocycles. The van der Waals surface area contributed by atoms with E-state index in [1.807, 2.05) is 0 Å². The van der Waals surface area contributed by atoms with Gasteiger partial charge in [0.25, 0.3) is 0 Å². The molecule has 0 aliphatic carbocycles. The SMILES string of the molecule is CC1CCCNC1C(=O)N1CCC(C(N)=O)C1. The first kappa shape index (κ1) is 12.4. The average Bonchev–Trinajstić information content (AvgIpc) is 2.78. The number of nitrogens with one attached hydrogen (secondary N) is 1. The van der Waals surface area contributed by atoms with E-state index >= 15 is 0 Å². The summed E-state index contributed by atoms with van der Waals surface area (Å²) in [6.45, 7) is 4.18. The minimum absolute atomic E-state index is 0.0737. The summed E-state index contributed by atoms with van der Waals surface area (Å²) in [6, 6.07) is -0.0737. The molecule has 2 aliphatic rings. The van der Waals surface area contributed by atoms with Crippen molar-refractivity contribution in [2.75, 3.05) is 19.6 Å². The second-order valence-corrected chi connectivity index (χ2v) is 5.22. The zero-order valence-electron chi connectivity index (χ0n) is 10.3. The molecule has 2 rings (SSSR count). The van der Waals surface area contributed by atoms with Gasteiger partial charge in [0.1, 0.15) is 0 Å². The maximum atomic E-state index is 12.3. The number of likely N-dealkylation sites (tertiary alicyclic amines) is 1. The van der Waals surface area contributed by atoms with Gasteiger partial charge in [-0.05, 0) is 31.7 Å². The summed E-state index contributed by atoms with van der Waals surface area (Å²) in [5.41, 5.74) is 5.27. The Kier molecular flexibility index (Phi) is 3.66. The number of hydrogen-bond donors (Lipinski definition) is 2. The molecule has 0 bridgehead atoms. The summed E-state index contributed by atoms with van der Waals surface area (Å²) < 4.78 is 0. The fourth-order valence-electron chi connectivity index (χ4n) is 2.77. The summed E-state index contributed by atoms with van der Waals surface area (Å²) in [7, 11) is 0. The number of carbonyl (C=O) groups is 2. The van der Waals surface area contributed by atoms with Crippen LogP contribution >= 0.6 is 0 Å². The van der Waals surface area contributed by atoms with Crippen molar-refractivity contribution in [2.45, 2.75) is 32.2 Å². The quantitative estimate of drug-likeness (QED) is 0.695. The second kappa shape index (κ2) is 5.04. The van der Waals surface area contributed by atoms with Gasteiger partial charge < -0.3 is 16.0 Å². The van der Waals surface area contributed by atoms with Crippen LogP contribution in [0.5, 0.6) is 0 Å². The molecule has 0 aromatic heterocycles. The molecule has 3 atom stereocenters. The van der Waals surface area contributed by atoms with E-state index in [9.17, 15) is 9.59 Å². The number of rotatable bonds is 2. The van der Waals surface area contributed by atoms with Crippen LogP contribution < -0.4 is 11.1 Å². The maximum Gasteiger partial charge on any atom is 0.240 e. The van der Waals surface area contributed by atoms with Crippen LogP contribution in [0.25, 0.3) is 0 Å². The van der Waals surface area contributed by atoms with E-state index in [0.717, 1.165) is 19.4 Å². The molecular weight excluding hydrogens is 218 g/mol. The Morgan fingerprint density at radius 3 is 2.71 bits per heavy atom. The molecule has 3 unspecified atom stereocenters. The molecule has 0 radical (unpaired) electrons. The minimum atomic E-state index is -0.287. The van der Waals surface area contributed by atoms with Gasteiger partial charge in [0, 0.05) is 13.1 Å². The standard InChI is InChI=1S/C12H21N3O2/c1-8-3-2-5-14-10(8)12(17)15-6-4-9(7-15)11(13)16/h8-10,14H,2-7H2,1H3,(H2,13,16). The molecule has 5 nitrogen and oxygen atoms in total. The number of nitrogens with two attached hydrogens (primary N) is 1. The number of primary amides is 1. The Hall–Kier alpha value is -1.10. The fraction of sp³-hybridized carbons (Fsp3) is 0.833. The summed E-state index contributed by atoms with van der Waals surface area (Å²) >= 11 is 0. The molecule has 0 saturated carbocycles. The van der Waals surface area contributed by atoms with Crippen molar-refractivity contribution >= 4 is 11.8 Å². The largest absolute Gasteiger partial charge is 0.369 e. The molecule has 0 aromatic rings. The molecule has 3 N–H and O–H groups in total. The lowest BCUT2D eigenvalue weighted by Gasteiger charge is -2.32. The van der Waals surface area contributed by atoms with E-state index in [1.54, 1.807) is 4.90 Å². The van der Waals surface area contributed by atoms with Gasteiger partial charge in [-0.15, -0.1) is 0 Å². The summed E-state index contributed by atoms with van der Waals surface area (Å²) in [4.78, 5) is 25.2. The average molecular weight is 239 g/mol. The summed E-state index contributed by atoms with van der Waals surface area (Å²) in [5, 5.41) is 3.28. The lowest BCUT2D eigenvalue weighted by atomic mass is 9.92. The summed E-state index contributed by atoms with van der Waals surface area (Å²) in [6.07, 6.45) is 2.94. The Labute approximate surface area is 102 Å². The van der Waals surface area contributed by atoms with Crippen LogP contribution in [-0.2, 0) is 9.59 Å². The van der Waals surface area contributed by atoms with Gasteiger partial charge in [-0.25, -0.2) is 0 Å². The maximum absolute atomic E-state index is 12.3. The molecule has 5 heteroatoms. The molecule has 2 heterocycles. The molecule has 0 aromatic carbocycles. The molecule has 2 amide bonds. The van der Waals surface area contributed by atoms with Crippen LogP contribution in [-0.4, -0.2) is 42.4 Å². The van der Waals surface area contributed by atoms with Gasteiger partial charge in [-0.3, -0.25) is 9.59 Å². The van der Waals surface area contributed by atoms with Crippen molar-refractivity contribution in [3.63, 3.8) is 0 Å². The van der Waals surface area contributed by atoms with Crippen molar-refractivity contribution in [3.05, 3.63) is 0 Å². The van der Waals surface area contributed by atoms with Crippen molar-refractivity contribution < 1.29 is 9.59 Å². The predicted molar refractivity (Wildman–Crippen MR) is 64.1 cm³/mol. The molecule has 2 fully saturated rings. The zero-order chi connectivity index (χ0) is 12.4. The Morgan fingerprint density at radius 1 is 1.35 bits per heavy atom. The first-order valence-electron chi connectivity index (χ1n) is 6.41. The van der Waals surface area contributed by atoms with Gasteiger partial charge >= 0.3 is 0 Å². The van der Waals surface area contributed by atoms with Crippen LogP contribution in [0.1, 0.15) is 26.2 Å². The van der Waals surface area contributed by atoms with Crippen molar-refractivity contribution in [2.24, 2.45) is 17.6 Å². The minimum Gasteiger partial charge on any atom is -0.369 e. The van der Waals surface area contributed by atoms with Crippen LogP contribution in [0, 0.1) is 11.8 Å². The number of piperidine rings is 1. The van der Waals surface area contributed by atoms with E-state index in [0.29, 0.717) is 25.4 Å². The van der Waals surface area contributed by atoms with Crippen LogP contribution in [0.3, 0.4) is 0 Å². The Bertz CT molecular complexity index is 319. The van der Waals surface area contributed by atoms with E-state index in [2.05, 4.69) is 12.2 Å². The zero-order valence-corrected chi connectivity index (χ0v) is 10.3. The molecule has 0 spiro atoms. The Morgan fingerprint density at radius 2 is 2.12 bits per heavy atom. The fourth-order valence-corrected chi connectivity index (χ4v) is 2.77. The summed E-state index contributed by atoms with van der Waals surface area (Å²) in [5.74, 6) is 0.0765. The predicted octanol–water partition coefficient (Wildman–Crippen LogP) is -0.292.